The van der Waals surface area contributed by atoms with Gasteiger partial charge < -0.3 is 10.4 Å². The van der Waals surface area contributed by atoms with Crippen LogP contribution in [-0.4, -0.2) is 42.2 Å². The molecule has 18 heavy (non-hydrogen) atoms. The Kier molecular flexibility index (Phi) is 6.32. The summed E-state index contributed by atoms with van der Waals surface area (Å²) in [5, 5.41) is 11.4. The van der Waals surface area contributed by atoms with E-state index in [9.17, 15) is 9.18 Å². The number of carbonyl (C=O) groups is 1. The van der Waals surface area contributed by atoms with Gasteiger partial charge >= 0.3 is 0 Å². The number of aliphatic hydroxyl groups is 1. The number of halogens is 1. The fourth-order valence-corrected chi connectivity index (χ4v) is 1.61. The lowest BCUT2D eigenvalue weighted by molar-refractivity contribution is -0.117. The van der Waals surface area contributed by atoms with E-state index in [1.54, 1.807) is 12.1 Å². The average Bonchev–Trinajstić information content (AvgIpc) is 2.34. The molecule has 1 aromatic carbocycles. The molecule has 0 aliphatic rings. The Morgan fingerprint density at radius 3 is 2.89 bits per heavy atom. The summed E-state index contributed by atoms with van der Waals surface area (Å²) < 4.78 is 12.9. The number of hydrogen-bond donors (Lipinski definition) is 2. The molecule has 1 amide bonds. The van der Waals surface area contributed by atoms with Crippen molar-refractivity contribution in [1.82, 2.24) is 4.90 Å². The van der Waals surface area contributed by atoms with E-state index in [0.29, 0.717) is 18.7 Å². The molecule has 0 aromatic heterocycles. The average molecular weight is 254 g/mol. The van der Waals surface area contributed by atoms with Crippen LogP contribution in [0.4, 0.5) is 10.1 Å². The number of nitrogens with zero attached hydrogens (tertiary/aromatic N) is 1. The van der Waals surface area contributed by atoms with E-state index in [2.05, 4.69) is 5.32 Å². The molecular weight excluding hydrogens is 235 g/mol. The summed E-state index contributed by atoms with van der Waals surface area (Å²) in [5.74, 6) is -0.555. The Hall–Kier alpha value is -1.46. The van der Waals surface area contributed by atoms with Crippen molar-refractivity contribution in [3.8, 4) is 0 Å². The normalized spacial score (nSPS) is 10.7. The molecule has 2 N–H and O–H groups in total. The smallest absolute Gasteiger partial charge is 0.238 e. The molecule has 5 heteroatoms. The minimum atomic E-state index is -0.375. The molecule has 4 nitrogen and oxygen atoms in total. The molecule has 0 fully saturated rings. The lowest BCUT2D eigenvalue weighted by Crippen LogP contribution is -2.34. The maximum Gasteiger partial charge on any atom is 0.238 e. The zero-order chi connectivity index (χ0) is 13.4. The van der Waals surface area contributed by atoms with Gasteiger partial charge in [0.2, 0.25) is 5.91 Å². The maximum absolute atomic E-state index is 12.9. The Morgan fingerprint density at radius 2 is 2.28 bits per heavy atom. The summed E-state index contributed by atoms with van der Waals surface area (Å²) in [5.41, 5.74) is 0.457. The van der Waals surface area contributed by atoms with Gasteiger partial charge in [0.1, 0.15) is 5.82 Å². The Bertz CT molecular complexity index is 385. The van der Waals surface area contributed by atoms with Crippen molar-refractivity contribution in [3.05, 3.63) is 30.1 Å². The van der Waals surface area contributed by atoms with Crippen LogP contribution in [-0.2, 0) is 4.79 Å². The monoisotopic (exact) mass is 254 g/mol. The van der Waals surface area contributed by atoms with Crippen LogP contribution in [0.3, 0.4) is 0 Å². The van der Waals surface area contributed by atoms with Gasteiger partial charge in [-0.25, -0.2) is 4.39 Å². The van der Waals surface area contributed by atoms with Crippen LogP contribution in [0, 0.1) is 5.82 Å². The second kappa shape index (κ2) is 7.79. The zero-order valence-electron chi connectivity index (χ0n) is 10.5. The molecular formula is C13H19FN2O2. The number of anilines is 1. The predicted molar refractivity (Wildman–Crippen MR) is 68.8 cm³/mol. The van der Waals surface area contributed by atoms with Gasteiger partial charge in [0.05, 0.1) is 6.54 Å². The SMILES string of the molecule is CCN(CCCO)CC(=O)Nc1cccc(F)c1. The third-order valence-corrected chi connectivity index (χ3v) is 2.56. The lowest BCUT2D eigenvalue weighted by Gasteiger charge is -2.19. The van der Waals surface area contributed by atoms with Gasteiger partial charge in [-0.05, 0) is 31.2 Å². The van der Waals surface area contributed by atoms with E-state index < -0.39 is 0 Å². The van der Waals surface area contributed by atoms with Crippen molar-refractivity contribution >= 4 is 11.6 Å². The second-order valence-electron chi connectivity index (χ2n) is 4.00. The summed E-state index contributed by atoms with van der Waals surface area (Å²) >= 11 is 0. The summed E-state index contributed by atoms with van der Waals surface area (Å²) in [6, 6.07) is 5.80. The number of amides is 1. The minimum absolute atomic E-state index is 0.113. The van der Waals surface area contributed by atoms with Crippen molar-refractivity contribution in [2.24, 2.45) is 0 Å². The first-order chi connectivity index (χ1) is 8.65. The summed E-state index contributed by atoms with van der Waals surface area (Å²) in [6.45, 7) is 3.71. The molecule has 0 heterocycles. The molecule has 1 rings (SSSR count). The van der Waals surface area contributed by atoms with Crippen LogP contribution >= 0.6 is 0 Å². The van der Waals surface area contributed by atoms with Gasteiger partial charge in [-0.1, -0.05) is 13.0 Å². The summed E-state index contributed by atoms with van der Waals surface area (Å²) in [7, 11) is 0. The number of nitrogens with one attached hydrogen (secondary N) is 1. The van der Waals surface area contributed by atoms with Gasteiger partial charge in [0, 0.05) is 18.8 Å². The van der Waals surface area contributed by atoms with Gasteiger partial charge in [-0.3, -0.25) is 9.69 Å². The highest BCUT2D eigenvalue weighted by molar-refractivity contribution is 5.92. The van der Waals surface area contributed by atoms with Crippen LogP contribution in [0.15, 0.2) is 24.3 Å². The first-order valence-corrected chi connectivity index (χ1v) is 6.04. The predicted octanol–water partition coefficient (Wildman–Crippen LogP) is 1.47. The highest BCUT2D eigenvalue weighted by Gasteiger charge is 2.09. The van der Waals surface area contributed by atoms with Crippen molar-refractivity contribution in [2.75, 3.05) is 31.6 Å². The fraction of sp³-hybridized carbons (Fsp3) is 0.462. The second-order valence-corrected chi connectivity index (χ2v) is 4.00. The molecule has 0 atom stereocenters. The van der Waals surface area contributed by atoms with E-state index in [1.165, 1.54) is 12.1 Å². The maximum atomic E-state index is 12.9. The molecule has 0 saturated heterocycles. The van der Waals surface area contributed by atoms with Crippen molar-refractivity contribution in [2.45, 2.75) is 13.3 Å². The van der Waals surface area contributed by atoms with E-state index >= 15 is 0 Å². The van der Waals surface area contributed by atoms with E-state index in [-0.39, 0.29) is 24.9 Å². The quantitative estimate of drug-likeness (QED) is 0.774. The number of carbonyl (C=O) groups excluding carboxylic acids is 1. The van der Waals surface area contributed by atoms with Gasteiger partial charge in [0.15, 0.2) is 0 Å². The Balaban J connectivity index is 2.45. The topological polar surface area (TPSA) is 52.6 Å². The molecule has 1 aromatic rings. The highest BCUT2D eigenvalue weighted by Crippen LogP contribution is 2.08. The van der Waals surface area contributed by atoms with Crippen molar-refractivity contribution < 1.29 is 14.3 Å². The minimum Gasteiger partial charge on any atom is -0.396 e. The van der Waals surface area contributed by atoms with Gasteiger partial charge in [-0.15, -0.1) is 0 Å². The van der Waals surface area contributed by atoms with E-state index in [4.69, 9.17) is 5.11 Å². The van der Waals surface area contributed by atoms with Crippen LogP contribution in [0.25, 0.3) is 0 Å². The largest absolute Gasteiger partial charge is 0.396 e. The van der Waals surface area contributed by atoms with Crippen LogP contribution in [0.2, 0.25) is 0 Å². The van der Waals surface area contributed by atoms with Gasteiger partial charge in [0.25, 0.3) is 0 Å². The molecule has 100 valence electrons. The molecule has 0 bridgehead atoms. The summed E-state index contributed by atoms with van der Waals surface area (Å²) in [6.07, 6.45) is 0.640. The third kappa shape index (κ3) is 5.25. The Morgan fingerprint density at radius 1 is 1.50 bits per heavy atom. The lowest BCUT2D eigenvalue weighted by atomic mass is 10.3. The number of likely N-dealkylation sites (N-methyl/N-ethyl adjacent to an activating group) is 1. The molecule has 0 saturated carbocycles. The molecule has 0 spiro atoms. The number of benzene rings is 1. The highest BCUT2D eigenvalue weighted by atomic mass is 19.1. The Labute approximate surface area is 106 Å². The van der Waals surface area contributed by atoms with Crippen LogP contribution in [0.1, 0.15) is 13.3 Å². The molecule has 0 radical (unpaired) electrons. The number of rotatable bonds is 7. The van der Waals surface area contributed by atoms with Crippen molar-refractivity contribution in [3.63, 3.8) is 0 Å². The zero-order valence-corrected chi connectivity index (χ0v) is 10.5. The number of aliphatic hydroxyl groups excluding tert-OH is 1. The fourth-order valence-electron chi connectivity index (χ4n) is 1.61. The van der Waals surface area contributed by atoms with E-state index in [0.717, 1.165) is 6.54 Å². The third-order valence-electron chi connectivity index (χ3n) is 2.56. The molecule has 0 aliphatic heterocycles. The first-order valence-electron chi connectivity index (χ1n) is 6.04. The van der Waals surface area contributed by atoms with Crippen molar-refractivity contribution in [1.29, 1.82) is 0 Å². The number of hydrogen-bond acceptors (Lipinski definition) is 3. The van der Waals surface area contributed by atoms with Gasteiger partial charge in [-0.2, -0.15) is 0 Å². The van der Waals surface area contributed by atoms with Crippen LogP contribution in [0.5, 0.6) is 0 Å². The van der Waals surface area contributed by atoms with Crippen LogP contribution < -0.4 is 5.32 Å². The van der Waals surface area contributed by atoms with E-state index in [1.807, 2.05) is 11.8 Å². The summed E-state index contributed by atoms with van der Waals surface area (Å²) in [4.78, 5) is 13.6. The molecule has 0 unspecified atom stereocenters. The standard InChI is InChI=1S/C13H19FN2O2/c1-2-16(7-4-8-17)10-13(18)15-12-6-3-5-11(14)9-12/h3,5-6,9,17H,2,4,7-8,10H2,1H3,(H,15,18). The molecule has 0 aliphatic carbocycles. The first kappa shape index (κ1) is 14.6.